The van der Waals surface area contributed by atoms with Crippen LogP contribution in [0.25, 0.3) is 0 Å². The number of rotatable bonds is 3. The van der Waals surface area contributed by atoms with E-state index in [1.165, 1.54) is 12.1 Å². The monoisotopic (exact) mass is 221 g/mol. The van der Waals surface area contributed by atoms with Crippen LogP contribution >= 0.6 is 0 Å². The summed E-state index contributed by atoms with van der Waals surface area (Å²) >= 11 is 0. The summed E-state index contributed by atoms with van der Waals surface area (Å²) in [6, 6.07) is 4.39. The van der Waals surface area contributed by atoms with Gasteiger partial charge in [0.25, 0.3) is 0 Å². The van der Waals surface area contributed by atoms with Crippen LogP contribution < -0.4 is 0 Å². The Morgan fingerprint density at radius 3 is 2.81 bits per heavy atom. The van der Waals surface area contributed by atoms with Gasteiger partial charge >= 0.3 is 5.97 Å². The van der Waals surface area contributed by atoms with Crippen molar-refractivity contribution in [1.82, 2.24) is 0 Å². The largest absolute Gasteiger partial charge is 0.466 e. The van der Waals surface area contributed by atoms with Crippen molar-refractivity contribution < 1.29 is 13.9 Å². The molecule has 3 nitrogen and oxygen atoms in total. The fraction of sp³-hybridized carbons (Fsp3) is 0.333. The third kappa shape index (κ3) is 2.80. The topological polar surface area (TPSA) is 50.1 Å². The number of carbonyl (C=O) groups is 1. The van der Waals surface area contributed by atoms with Crippen molar-refractivity contribution in [3.63, 3.8) is 0 Å². The fourth-order valence-corrected chi connectivity index (χ4v) is 1.36. The summed E-state index contributed by atoms with van der Waals surface area (Å²) in [5.41, 5.74) is 1.21. The Balaban J connectivity index is 2.97. The number of benzene rings is 1. The van der Waals surface area contributed by atoms with Gasteiger partial charge in [0.05, 0.1) is 18.6 Å². The summed E-state index contributed by atoms with van der Waals surface area (Å²) in [7, 11) is 0. The highest BCUT2D eigenvalue weighted by molar-refractivity contribution is 5.73. The SMILES string of the molecule is CCOC(=O)Cc1cc(C#N)c(F)cc1C. The summed E-state index contributed by atoms with van der Waals surface area (Å²) in [6.45, 7) is 3.72. The first-order valence-corrected chi connectivity index (χ1v) is 4.93. The molecule has 0 saturated heterocycles. The zero-order valence-corrected chi connectivity index (χ0v) is 9.21. The Hall–Kier alpha value is -1.89. The molecule has 16 heavy (non-hydrogen) atoms. The number of halogens is 1. The molecule has 0 atom stereocenters. The summed E-state index contributed by atoms with van der Waals surface area (Å²) in [6.07, 6.45) is 0.0641. The van der Waals surface area contributed by atoms with Crippen molar-refractivity contribution in [3.8, 4) is 6.07 Å². The number of esters is 1. The zero-order valence-electron chi connectivity index (χ0n) is 9.21. The molecular formula is C12H12FNO2. The van der Waals surface area contributed by atoms with Crippen LogP contribution in [0.15, 0.2) is 12.1 Å². The van der Waals surface area contributed by atoms with E-state index < -0.39 is 5.82 Å². The molecule has 0 bridgehead atoms. The molecule has 1 aromatic carbocycles. The van der Waals surface area contributed by atoms with Crippen LogP contribution in [0.5, 0.6) is 0 Å². The number of nitriles is 1. The van der Waals surface area contributed by atoms with Crippen LogP contribution in [0.2, 0.25) is 0 Å². The molecule has 0 fully saturated rings. The van der Waals surface area contributed by atoms with E-state index in [4.69, 9.17) is 10.00 Å². The normalized spacial score (nSPS) is 9.62. The molecule has 1 aromatic rings. The Labute approximate surface area is 93.5 Å². The van der Waals surface area contributed by atoms with Gasteiger partial charge in [-0.1, -0.05) is 0 Å². The molecular weight excluding hydrogens is 209 g/mol. The molecule has 0 aliphatic heterocycles. The smallest absolute Gasteiger partial charge is 0.310 e. The van der Waals surface area contributed by atoms with Crippen molar-refractivity contribution in [2.75, 3.05) is 6.61 Å². The summed E-state index contributed by atoms with van der Waals surface area (Å²) in [4.78, 5) is 11.3. The first-order chi connectivity index (χ1) is 7.58. The van der Waals surface area contributed by atoms with Crippen LogP contribution in [0.1, 0.15) is 23.6 Å². The Morgan fingerprint density at radius 2 is 2.25 bits per heavy atom. The lowest BCUT2D eigenvalue weighted by atomic mass is 10.0. The second-order valence-electron chi connectivity index (χ2n) is 3.35. The van der Waals surface area contributed by atoms with E-state index in [-0.39, 0.29) is 18.0 Å². The average molecular weight is 221 g/mol. The maximum atomic E-state index is 13.2. The van der Waals surface area contributed by atoms with Crippen LogP contribution in [0.3, 0.4) is 0 Å². The molecule has 0 amide bonds. The standard InChI is InChI=1S/C12H12FNO2/c1-3-16-12(15)6-9-5-10(7-14)11(13)4-8(9)2/h4-5H,3,6H2,1-2H3. The highest BCUT2D eigenvalue weighted by Gasteiger charge is 2.10. The molecule has 1 rings (SSSR count). The second-order valence-corrected chi connectivity index (χ2v) is 3.35. The van der Waals surface area contributed by atoms with E-state index in [0.717, 1.165) is 0 Å². The number of hydrogen-bond acceptors (Lipinski definition) is 3. The highest BCUT2D eigenvalue weighted by atomic mass is 19.1. The van der Waals surface area contributed by atoms with E-state index in [1.807, 2.05) is 0 Å². The molecule has 0 aliphatic rings. The first kappa shape index (κ1) is 12.2. The predicted octanol–water partition coefficient (Wildman–Crippen LogP) is 2.11. The molecule has 0 aliphatic carbocycles. The van der Waals surface area contributed by atoms with Crippen LogP contribution in [0.4, 0.5) is 4.39 Å². The average Bonchev–Trinajstić information content (AvgIpc) is 2.22. The molecule has 0 N–H and O–H groups in total. The molecule has 0 aromatic heterocycles. The Bertz CT molecular complexity index is 449. The lowest BCUT2D eigenvalue weighted by Gasteiger charge is -2.06. The molecule has 0 heterocycles. The minimum atomic E-state index is -0.562. The molecule has 0 unspecified atom stereocenters. The highest BCUT2D eigenvalue weighted by Crippen LogP contribution is 2.15. The maximum Gasteiger partial charge on any atom is 0.310 e. The van der Waals surface area contributed by atoms with Gasteiger partial charge in [-0.05, 0) is 37.1 Å². The van der Waals surface area contributed by atoms with E-state index in [9.17, 15) is 9.18 Å². The van der Waals surface area contributed by atoms with Crippen molar-refractivity contribution in [3.05, 3.63) is 34.6 Å². The third-order valence-electron chi connectivity index (χ3n) is 2.19. The van der Waals surface area contributed by atoms with Crippen molar-refractivity contribution in [2.24, 2.45) is 0 Å². The first-order valence-electron chi connectivity index (χ1n) is 4.93. The van der Waals surface area contributed by atoms with Gasteiger partial charge in [-0.2, -0.15) is 5.26 Å². The molecule has 0 radical (unpaired) electrons. The lowest BCUT2D eigenvalue weighted by molar-refractivity contribution is -0.142. The predicted molar refractivity (Wildman–Crippen MR) is 56.2 cm³/mol. The van der Waals surface area contributed by atoms with E-state index in [2.05, 4.69) is 0 Å². The van der Waals surface area contributed by atoms with Gasteiger partial charge in [0.1, 0.15) is 11.9 Å². The molecule has 84 valence electrons. The minimum absolute atomic E-state index is 0.0510. The second kappa shape index (κ2) is 5.26. The number of aryl methyl sites for hydroxylation is 1. The number of nitrogens with zero attached hydrogens (tertiary/aromatic N) is 1. The summed E-state index contributed by atoms with van der Waals surface area (Å²) in [5.74, 6) is -0.936. The van der Waals surface area contributed by atoms with Crippen LogP contribution in [-0.2, 0) is 16.0 Å². The van der Waals surface area contributed by atoms with Crippen LogP contribution in [0, 0.1) is 24.1 Å². The van der Waals surface area contributed by atoms with E-state index in [0.29, 0.717) is 17.7 Å². The lowest BCUT2D eigenvalue weighted by Crippen LogP contribution is -2.09. The zero-order chi connectivity index (χ0) is 12.1. The maximum absolute atomic E-state index is 13.2. The quantitative estimate of drug-likeness (QED) is 0.734. The van der Waals surface area contributed by atoms with Gasteiger partial charge in [-0.3, -0.25) is 4.79 Å². The van der Waals surface area contributed by atoms with Gasteiger partial charge in [0.2, 0.25) is 0 Å². The van der Waals surface area contributed by atoms with Gasteiger partial charge in [0.15, 0.2) is 0 Å². The minimum Gasteiger partial charge on any atom is -0.466 e. The Kier molecular flexibility index (Phi) is 4.01. The Morgan fingerprint density at radius 1 is 1.56 bits per heavy atom. The fourth-order valence-electron chi connectivity index (χ4n) is 1.36. The van der Waals surface area contributed by atoms with Crippen molar-refractivity contribution in [2.45, 2.75) is 20.3 Å². The molecule has 0 spiro atoms. The van der Waals surface area contributed by atoms with E-state index >= 15 is 0 Å². The number of carbonyl (C=O) groups excluding carboxylic acids is 1. The number of ether oxygens (including phenoxy) is 1. The van der Waals surface area contributed by atoms with Gasteiger partial charge in [-0.25, -0.2) is 4.39 Å². The van der Waals surface area contributed by atoms with Crippen molar-refractivity contribution >= 4 is 5.97 Å². The third-order valence-corrected chi connectivity index (χ3v) is 2.19. The molecule has 4 heteroatoms. The summed E-state index contributed by atoms with van der Waals surface area (Å²) < 4.78 is 18.0. The van der Waals surface area contributed by atoms with Crippen LogP contribution in [-0.4, -0.2) is 12.6 Å². The van der Waals surface area contributed by atoms with E-state index in [1.54, 1.807) is 19.9 Å². The van der Waals surface area contributed by atoms with Gasteiger partial charge < -0.3 is 4.74 Å². The summed E-state index contributed by atoms with van der Waals surface area (Å²) in [5, 5.41) is 8.67. The van der Waals surface area contributed by atoms with Crippen molar-refractivity contribution in [1.29, 1.82) is 5.26 Å². The van der Waals surface area contributed by atoms with Gasteiger partial charge in [0, 0.05) is 0 Å². The van der Waals surface area contributed by atoms with Gasteiger partial charge in [-0.15, -0.1) is 0 Å². The molecule has 0 saturated carbocycles. The number of hydrogen-bond donors (Lipinski definition) is 0.